The lowest BCUT2D eigenvalue weighted by Gasteiger charge is -2.19. The van der Waals surface area contributed by atoms with Crippen molar-refractivity contribution in [3.63, 3.8) is 0 Å². The number of nitro benzene ring substituents is 1. The number of amides is 2. The van der Waals surface area contributed by atoms with Crippen LogP contribution in [0.4, 0.5) is 5.69 Å². The molecule has 0 fully saturated rings. The number of carbonyl (C=O) groups excluding carboxylic acids is 2. The predicted molar refractivity (Wildman–Crippen MR) is 173 cm³/mol. The number of hydrogen-bond acceptors (Lipinski definition) is 8. The van der Waals surface area contributed by atoms with Gasteiger partial charge < -0.3 is 14.8 Å². The summed E-state index contributed by atoms with van der Waals surface area (Å²) in [6.45, 7) is 2.44. The van der Waals surface area contributed by atoms with Crippen molar-refractivity contribution in [1.29, 1.82) is 0 Å². The van der Waals surface area contributed by atoms with Crippen molar-refractivity contribution in [3.8, 4) is 11.5 Å². The quantitative estimate of drug-likeness (QED) is 0.101. The molecule has 4 aromatic rings. The Morgan fingerprint density at radius 2 is 1.41 bits per heavy atom. The molecule has 0 aliphatic heterocycles. The third-order valence-electron chi connectivity index (χ3n) is 6.59. The van der Waals surface area contributed by atoms with Gasteiger partial charge in [0.15, 0.2) is 0 Å². The van der Waals surface area contributed by atoms with E-state index in [2.05, 4.69) is 5.32 Å². The maximum atomic E-state index is 13.3. The van der Waals surface area contributed by atoms with Gasteiger partial charge in [-0.2, -0.15) is 0 Å². The molecule has 11 nitrogen and oxygen atoms in total. The summed E-state index contributed by atoms with van der Waals surface area (Å²) >= 11 is 11.7. The number of nitrogens with zero attached hydrogens (tertiary/aromatic N) is 1. The highest BCUT2D eigenvalue weighted by Crippen LogP contribution is 2.27. The summed E-state index contributed by atoms with van der Waals surface area (Å²) < 4.78 is 39.3. The molecule has 0 aliphatic carbocycles. The van der Waals surface area contributed by atoms with Crippen LogP contribution in [0.2, 0.25) is 10.0 Å². The number of hydrogen-bond donors (Lipinski definition) is 2. The van der Waals surface area contributed by atoms with E-state index < -0.39 is 43.4 Å². The van der Waals surface area contributed by atoms with Crippen molar-refractivity contribution in [2.45, 2.75) is 30.7 Å². The zero-order valence-corrected chi connectivity index (χ0v) is 26.8. The fourth-order valence-electron chi connectivity index (χ4n) is 4.22. The average molecular weight is 687 g/mol. The molecule has 0 aromatic heterocycles. The number of nitro groups is 1. The number of ether oxygens (including phenoxy) is 2. The molecule has 2 amide bonds. The second-order valence-electron chi connectivity index (χ2n) is 10.1. The Labute approximate surface area is 275 Å². The number of benzene rings is 4. The van der Waals surface area contributed by atoms with E-state index >= 15 is 0 Å². The summed E-state index contributed by atoms with van der Waals surface area (Å²) in [5.74, 6) is -0.369. The molecule has 1 atom stereocenters. The monoisotopic (exact) mass is 685 g/mol. The zero-order valence-electron chi connectivity index (χ0n) is 24.4. The molecule has 0 saturated heterocycles. The number of carbonyl (C=O) groups is 2. The first-order chi connectivity index (χ1) is 21.9. The summed E-state index contributed by atoms with van der Waals surface area (Å²) in [5.41, 5.74) is 1.67. The predicted octanol–water partition coefficient (Wildman–Crippen LogP) is 5.44. The molecular weight excluding hydrogens is 657 g/mol. The van der Waals surface area contributed by atoms with E-state index in [9.17, 15) is 28.1 Å². The van der Waals surface area contributed by atoms with Crippen molar-refractivity contribution in [2.24, 2.45) is 0 Å². The van der Waals surface area contributed by atoms with E-state index in [1.807, 2.05) is 23.8 Å². The van der Waals surface area contributed by atoms with E-state index in [-0.39, 0.29) is 31.1 Å². The van der Waals surface area contributed by atoms with Crippen LogP contribution in [0.5, 0.6) is 11.5 Å². The molecule has 14 heteroatoms. The lowest BCUT2D eigenvalue weighted by Crippen LogP contribution is -2.49. The van der Waals surface area contributed by atoms with Gasteiger partial charge in [-0.25, -0.2) is 13.1 Å². The zero-order chi connectivity index (χ0) is 33.3. The Morgan fingerprint density at radius 1 is 0.848 bits per heavy atom. The van der Waals surface area contributed by atoms with Crippen LogP contribution in [0.1, 0.15) is 16.7 Å². The van der Waals surface area contributed by atoms with Gasteiger partial charge in [0.1, 0.15) is 35.8 Å². The summed E-state index contributed by atoms with van der Waals surface area (Å²) in [7, 11) is -4.56. The highest BCUT2D eigenvalue weighted by atomic mass is 35.5. The van der Waals surface area contributed by atoms with E-state index in [1.54, 1.807) is 60.7 Å². The maximum absolute atomic E-state index is 13.3. The van der Waals surface area contributed by atoms with Gasteiger partial charge in [-0.3, -0.25) is 19.7 Å². The van der Waals surface area contributed by atoms with Gasteiger partial charge in [0.25, 0.3) is 21.6 Å². The third-order valence-corrected chi connectivity index (χ3v) is 8.51. The average Bonchev–Trinajstić information content (AvgIpc) is 3.01. The van der Waals surface area contributed by atoms with Gasteiger partial charge >= 0.3 is 0 Å². The summed E-state index contributed by atoms with van der Waals surface area (Å²) in [6, 6.07) is 22.4. The molecule has 0 unspecified atom stereocenters. The van der Waals surface area contributed by atoms with Crippen molar-refractivity contribution >= 4 is 50.7 Å². The Kier molecular flexibility index (Phi) is 11.6. The molecule has 0 heterocycles. The molecule has 4 aromatic carbocycles. The fraction of sp³-hybridized carbons (Fsp3) is 0.188. The highest BCUT2D eigenvalue weighted by molar-refractivity contribution is 7.90. The summed E-state index contributed by atoms with van der Waals surface area (Å²) in [5, 5.41) is 14.2. The maximum Gasteiger partial charge on any atom is 0.289 e. The lowest BCUT2D eigenvalue weighted by atomic mass is 10.0. The summed E-state index contributed by atoms with van der Waals surface area (Å²) in [4.78, 5) is 36.2. The molecular formula is C32H29Cl2N3O8S. The Balaban J connectivity index is 1.44. The van der Waals surface area contributed by atoms with E-state index in [4.69, 9.17) is 32.7 Å². The van der Waals surface area contributed by atoms with Gasteiger partial charge in [-0.1, -0.05) is 65.2 Å². The second kappa shape index (κ2) is 15.6. The van der Waals surface area contributed by atoms with Crippen LogP contribution in [0.3, 0.4) is 0 Å². The molecule has 46 heavy (non-hydrogen) atoms. The van der Waals surface area contributed by atoms with Gasteiger partial charge in [-0.15, -0.1) is 0 Å². The minimum Gasteiger partial charge on any atom is -0.490 e. The molecule has 0 radical (unpaired) electrons. The van der Waals surface area contributed by atoms with Crippen molar-refractivity contribution in [1.82, 2.24) is 10.0 Å². The molecule has 240 valence electrons. The van der Waals surface area contributed by atoms with Gasteiger partial charge in [0.2, 0.25) is 5.91 Å². The van der Waals surface area contributed by atoms with E-state index in [0.717, 1.165) is 23.8 Å². The first-order valence-corrected chi connectivity index (χ1v) is 16.1. The highest BCUT2D eigenvalue weighted by Gasteiger charge is 2.28. The Hall–Kier alpha value is -4.65. The molecule has 0 saturated carbocycles. The number of rotatable bonds is 14. The van der Waals surface area contributed by atoms with Crippen LogP contribution in [0, 0.1) is 17.0 Å². The van der Waals surface area contributed by atoms with Crippen LogP contribution in [-0.4, -0.2) is 44.4 Å². The SMILES string of the molecule is Cc1ccc(CC(=O)N[C@@H](Cc2ccc(OCCOc3ccc(Cl)cc3)cc2)C(=O)NS(=O)(=O)c2ccc(Cl)c([N+](=O)[O-])c2)cc1. The van der Waals surface area contributed by atoms with Crippen LogP contribution in [0.15, 0.2) is 95.9 Å². The second-order valence-corrected chi connectivity index (χ2v) is 12.6. The van der Waals surface area contributed by atoms with Gasteiger partial charge in [-0.05, 0) is 66.6 Å². The molecule has 4 rings (SSSR count). The minimum atomic E-state index is -4.56. The van der Waals surface area contributed by atoms with Crippen LogP contribution in [0.25, 0.3) is 0 Å². The number of nitrogens with one attached hydrogen (secondary N) is 2. The molecule has 0 aliphatic rings. The smallest absolute Gasteiger partial charge is 0.289 e. The van der Waals surface area contributed by atoms with Crippen molar-refractivity contribution < 1.29 is 32.4 Å². The van der Waals surface area contributed by atoms with Crippen molar-refractivity contribution in [3.05, 3.63) is 128 Å². The Morgan fingerprint density at radius 3 is 2.00 bits per heavy atom. The van der Waals surface area contributed by atoms with Crippen LogP contribution < -0.4 is 19.5 Å². The first-order valence-electron chi connectivity index (χ1n) is 13.9. The number of halogens is 2. The molecule has 2 N–H and O–H groups in total. The van der Waals surface area contributed by atoms with Gasteiger partial charge in [0.05, 0.1) is 16.2 Å². The van der Waals surface area contributed by atoms with E-state index in [1.165, 1.54) is 0 Å². The van der Waals surface area contributed by atoms with Gasteiger partial charge in [0, 0.05) is 17.5 Å². The largest absolute Gasteiger partial charge is 0.490 e. The van der Waals surface area contributed by atoms with Crippen LogP contribution >= 0.6 is 23.2 Å². The lowest BCUT2D eigenvalue weighted by molar-refractivity contribution is -0.384. The molecule has 0 spiro atoms. The molecule has 0 bridgehead atoms. The summed E-state index contributed by atoms with van der Waals surface area (Å²) in [6.07, 6.45) is -0.118. The number of aryl methyl sites for hydroxylation is 1. The third kappa shape index (κ3) is 9.93. The minimum absolute atomic E-state index is 0.0505. The van der Waals surface area contributed by atoms with Crippen molar-refractivity contribution in [2.75, 3.05) is 13.2 Å². The first kappa shape index (κ1) is 34.2. The van der Waals surface area contributed by atoms with Crippen LogP contribution in [-0.2, 0) is 32.5 Å². The number of sulfonamides is 1. The normalized spacial score (nSPS) is 11.7. The Bertz CT molecular complexity index is 1800. The fourth-order valence-corrected chi connectivity index (χ4v) is 5.57. The topological polar surface area (TPSA) is 154 Å². The standard InChI is InChI=1S/C32H29Cl2N3O8S/c1-21-2-4-23(5-3-21)19-31(38)35-29(32(39)36-46(42,43)27-14-15-28(34)30(20-27)37(40)41)18-22-6-10-25(11-7-22)44-16-17-45-26-12-8-24(33)9-13-26/h2-15,20,29H,16-19H2,1H3,(H,35,38)(H,36,39)/t29-/m0/s1. The van der Waals surface area contributed by atoms with E-state index in [0.29, 0.717) is 27.6 Å².